The molecule has 0 aromatic heterocycles. The number of halogens is 1. The summed E-state index contributed by atoms with van der Waals surface area (Å²) in [5.74, 6) is 0. The number of hydrogen-bond acceptors (Lipinski definition) is 2. The zero-order valence-electron chi connectivity index (χ0n) is 12.6. The van der Waals surface area contributed by atoms with E-state index < -0.39 is 0 Å². The number of rotatable bonds is 5. The van der Waals surface area contributed by atoms with E-state index in [1.165, 1.54) is 0 Å². The second-order valence-electron chi connectivity index (χ2n) is 5.40. The number of nitrogens with zero attached hydrogens (tertiary/aromatic N) is 1. The largest absolute Gasteiger partial charge is 0.439 e. The van der Waals surface area contributed by atoms with Crippen molar-refractivity contribution in [3.8, 4) is 0 Å². The summed E-state index contributed by atoms with van der Waals surface area (Å²) in [6.07, 6.45) is 3.53. The molecule has 118 valence electrons. The van der Waals surface area contributed by atoms with E-state index in [-0.39, 0.29) is 18.2 Å². The van der Waals surface area contributed by atoms with Crippen LogP contribution >= 0.6 is 22.6 Å². The third-order valence-electron chi connectivity index (χ3n) is 3.87. The molecule has 23 heavy (non-hydrogen) atoms. The molecule has 2 aromatic carbocycles. The van der Waals surface area contributed by atoms with Crippen LogP contribution in [0, 0.1) is 0 Å². The highest BCUT2D eigenvalue weighted by Crippen LogP contribution is 2.35. The summed E-state index contributed by atoms with van der Waals surface area (Å²) < 4.78 is 6.51. The average molecular weight is 419 g/mol. The van der Waals surface area contributed by atoms with Crippen molar-refractivity contribution >= 4 is 28.7 Å². The number of carbonyl (C=O) groups excluding carboxylic acids is 1. The van der Waals surface area contributed by atoms with Gasteiger partial charge in [-0.3, -0.25) is 4.90 Å². The monoisotopic (exact) mass is 419 g/mol. The molecule has 1 aliphatic rings. The maximum atomic E-state index is 12.4. The molecule has 0 N–H and O–H groups in total. The fraction of sp³-hybridized carbons (Fsp3) is 0.211. The topological polar surface area (TPSA) is 29.5 Å². The molecule has 1 aliphatic heterocycles. The molecule has 0 radical (unpaired) electrons. The summed E-state index contributed by atoms with van der Waals surface area (Å²) >= 11 is 2.28. The predicted molar refractivity (Wildman–Crippen MR) is 99.5 cm³/mol. The Morgan fingerprint density at radius 1 is 1.04 bits per heavy atom. The zero-order valence-corrected chi connectivity index (χ0v) is 14.8. The van der Waals surface area contributed by atoms with Crippen molar-refractivity contribution in [2.24, 2.45) is 0 Å². The molecule has 2 atom stereocenters. The molecular weight excluding hydrogens is 401 g/mol. The van der Waals surface area contributed by atoms with Gasteiger partial charge in [-0.15, -0.1) is 0 Å². The van der Waals surface area contributed by atoms with E-state index in [1.54, 1.807) is 0 Å². The van der Waals surface area contributed by atoms with Crippen molar-refractivity contribution in [1.82, 2.24) is 4.90 Å². The van der Waals surface area contributed by atoms with Gasteiger partial charge in [0.05, 0.1) is 0 Å². The highest BCUT2D eigenvalue weighted by atomic mass is 127. The number of allylic oxidation sites excluding steroid dienone is 1. The molecule has 1 heterocycles. The van der Waals surface area contributed by atoms with Crippen molar-refractivity contribution in [2.75, 3.05) is 4.43 Å². The van der Waals surface area contributed by atoms with Crippen molar-refractivity contribution in [3.63, 3.8) is 0 Å². The first-order valence-corrected chi connectivity index (χ1v) is 9.11. The predicted octanol–water partition coefficient (Wildman–Crippen LogP) is 4.74. The van der Waals surface area contributed by atoms with Gasteiger partial charge in [-0.2, -0.15) is 0 Å². The van der Waals surface area contributed by atoms with Crippen LogP contribution in [0.1, 0.15) is 17.2 Å². The van der Waals surface area contributed by atoms with Gasteiger partial charge in [0.25, 0.3) is 0 Å². The summed E-state index contributed by atoms with van der Waals surface area (Å²) in [7, 11) is 0. The number of carbonyl (C=O) groups is 1. The second-order valence-corrected chi connectivity index (χ2v) is 6.28. The van der Waals surface area contributed by atoms with Gasteiger partial charge in [-0.05, 0) is 17.2 Å². The molecule has 1 fully saturated rings. The Labute approximate surface area is 150 Å². The molecule has 0 spiro atoms. The Balaban J connectivity index is 1.91. The van der Waals surface area contributed by atoms with Crippen LogP contribution in [0.25, 0.3) is 0 Å². The fourth-order valence-corrected chi connectivity index (χ4v) is 3.13. The van der Waals surface area contributed by atoms with Crippen LogP contribution in [0.3, 0.4) is 0 Å². The Hall–Kier alpha value is -1.82. The molecule has 3 rings (SSSR count). The number of benzene rings is 2. The summed E-state index contributed by atoms with van der Waals surface area (Å²) in [6, 6.07) is 20.0. The highest BCUT2D eigenvalue weighted by Gasteiger charge is 2.41. The fourth-order valence-electron chi connectivity index (χ4n) is 2.83. The van der Waals surface area contributed by atoms with Crippen LogP contribution in [-0.2, 0) is 11.3 Å². The van der Waals surface area contributed by atoms with E-state index in [0.29, 0.717) is 6.54 Å². The van der Waals surface area contributed by atoms with E-state index in [1.807, 2.05) is 65.6 Å². The van der Waals surface area contributed by atoms with Gasteiger partial charge < -0.3 is 4.74 Å². The van der Waals surface area contributed by atoms with Crippen molar-refractivity contribution in [1.29, 1.82) is 0 Å². The minimum Gasteiger partial charge on any atom is -0.439 e. The molecule has 1 amide bonds. The molecule has 0 unspecified atom stereocenters. The van der Waals surface area contributed by atoms with Crippen LogP contribution < -0.4 is 0 Å². The summed E-state index contributed by atoms with van der Waals surface area (Å²) in [6.45, 7) is 0.549. The van der Waals surface area contributed by atoms with Crippen LogP contribution in [-0.4, -0.2) is 21.5 Å². The van der Waals surface area contributed by atoms with E-state index in [2.05, 4.69) is 34.7 Å². The van der Waals surface area contributed by atoms with E-state index in [9.17, 15) is 4.79 Å². The van der Waals surface area contributed by atoms with Crippen molar-refractivity contribution in [3.05, 3.63) is 83.9 Å². The van der Waals surface area contributed by atoms with Crippen LogP contribution in [0.15, 0.2) is 72.8 Å². The first kappa shape index (κ1) is 16.1. The molecule has 2 aromatic rings. The van der Waals surface area contributed by atoms with Gasteiger partial charge in [0.15, 0.2) is 0 Å². The lowest BCUT2D eigenvalue weighted by molar-refractivity contribution is 0.144. The molecule has 0 bridgehead atoms. The third-order valence-corrected chi connectivity index (χ3v) is 4.38. The van der Waals surface area contributed by atoms with Gasteiger partial charge in [0, 0.05) is 11.0 Å². The summed E-state index contributed by atoms with van der Waals surface area (Å²) in [5.41, 5.74) is 2.20. The van der Waals surface area contributed by atoms with Crippen molar-refractivity contribution < 1.29 is 9.53 Å². The van der Waals surface area contributed by atoms with Gasteiger partial charge >= 0.3 is 6.09 Å². The Morgan fingerprint density at radius 2 is 1.70 bits per heavy atom. The van der Waals surface area contributed by atoms with Crippen LogP contribution in [0.5, 0.6) is 0 Å². The first-order valence-electron chi connectivity index (χ1n) is 7.58. The van der Waals surface area contributed by atoms with Gasteiger partial charge in [-0.25, -0.2) is 4.79 Å². The SMILES string of the molecule is O=C1O[C@H](/C=C/CI)[C@@H](c2ccccc2)N1Cc1ccccc1. The molecule has 3 nitrogen and oxygen atoms in total. The maximum absolute atomic E-state index is 12.4. The number of ether oxygens (including phenoxy) is 1. The lowest BCUT2D eigenvalue weighted by Gasteiger charge is -2.24. The number of alkyl halides is 1. The van der Waals surface area contributed by atoms with E-state index >= 15 is 0 Å². The smallest absolute Gasteiger partial charge is 0.411 e. The third kappa shape index (κ3) is 3.75. The highest BCUT2D eigenvalue weighted by molar-refractivity contribution is 14.1. The van der Waals surface area contributed by atoms with Crippen LogP contribution in [0.2, 0.25) is 0 Å². The molecule has 4 heteroatoms. The molecular formula is C19H18INO2. The first-order chi connectivity index (χ1) is 11.3. The normalized spacial score (nSPS) is 20.9. The number of cyclic esters (lactones) is 1. The molecule has 0 saturated carbocycles. The summed E-state index contributed by atoms with van der Waals surface area (Å²) in [5, 5.41) is 0. The number of amides is 1. The lowest BCUT2D eigenvalue weighted by atomic mass is 10.00. The molecule has 0 aliphatic carbocycles. The number of hydrogen-bond donors (Lipinski definition) is 0. The standard InChI is InChI=1S/C19H18INO2/c20-13-7-12-17-18(16-10-5-2-6-11-16)21(19(22)23-17)14-15-8-3-1-4-9-15/h1-12,17-18H,13-14H2/b12-7+/t17-,18-/m1/s1. The maximum Gasteiger partial charge on any atom is 0.411 e. The van der Waals surface area contributed by atoms with E-state index in [0.717, 1.165) is 15.6 Å². The Kier molecular flexibility index (Phi) is 5.33. The lowest BCUT2D eigenvalue weighted by Crippen LogP contribution is -2.28. The van der Waals surface area contributed by atoms with Gasteiger partial charge in [-0.1, -0.05) is 89.3 Å². The van der Waals surface area contributed by atoms with Crippen LogP contribution in [0.4, 0.5) is 4.79 Å². The minimum atomic E-state index is -0.259. The average Bonchev–Trinajstić information content (AvgIpc) is 2.90. The minimum absolute atomic E-state index is 0.0943. The van der Waals surface area contributed by atoms with Gasteiger partial charge in [0.1, 0.15) is 12.1 Å². The second kappa shape index (κ2) is 7.64. The summed E-state index contributed by atoms with van der Waals surface area (Å²) in [4.78, 5) is 14.2. The zero-order chi connectivity index (χ0) is 16.1. The molecule has 1 saturated heterocycles. The van der Waals surface area contributed by atoms with Crippen molar-refractivity contribution in [2.45, 2.75) is 18.7 Å². The quantitative estimate of drug-likeness (QED) is 0.398. The van der Waals surface area contributed by atoms with Gasteiger partial charge in [0.2, 0.25) is 0 Å². The van der Waals surface area contributed by atoms with E-state index in [4.69, 9.17) is 4.74 Å². The Morgan fingerprint density at radius 3 is 2.35 bits per heavy atom. The Bertz CT molecular complexity index is 672.